The van der Waals surface area contributed by atoms with Gasteiger partial charge in [-0.1, -0.05) is 6.07 Å². The lowest BCUT2D eigenvalue weighted by molar-refractivity contribution is -0.123. The summed E-state index contributed by atoms with van der Waals surface area (Å²) >= 11 is 0. The van der Waals surface area contributed by atoms with Gasteiger partial charge >= 0.3 is 0 Å². The molecule has 2 heterocycles. The van der Waals surface area contributed by atoms with E-state index < -0.39 is 0 Å². The highest BCUT2D eigenvalue weighted by Gasteiger charge is 2.26. The number of carbonyl (C=O) groups excluding carboxylic acids is 2. The molecule has 2 amide bonds. The Bertz CT molecular complexity index is 548. The number of likely N-dealkylation sites (tertiary alicyclic amines) is 1. The molecule has 1 fully saturated rings. The lowest BCUT2D eigenvalue weighted by Crippen LogP contribution is -2.41. The number of fused-ring (bicyclic) bond motifs is 1. The predicted molar refractivity (Wildman–Crippen MR) is 74.8 cm³/mol. The molecule has 0 saturated carbocycles. The maximum Gasteiger partial charge on any atom is 0.253 e. The predicted octanol–water partition coefficient (Wildman–Crippen LogP) is 0.627. The number of carbonyl (C=O) groups is 2. The van der Waals surface area contributed by atoms with Crippen LogP contribution in [-0.2, 0) is 17.9 Å². The zero-order chi connectivity index (χ0) is 14.1. The summed E-state index contributed by atoms with van der Waals surface area (Å²) in [5.41, 5.74) is 8.54. The van der Waals surface area contributed by atoms with Gasteiger partial charge in [-0.05, 0) is 36.1 Å². The third kappa shape index (κ3) is 2.41. The highest BCUT2D eigenvalue weighted by atomic mass is 16.2. The van der Waals surface area contributed by atoms with E-state index in [0.717, 1.165) is 18.7 Å². The minimum Gasteiger partial charge on any atom is -0.369 e. The highest BCUT2D eigenvalue weighted by molar-refractivity contribution is 5.94. The maximum absolute atomic E-state index is 12.5. The molecule has 0 spiro atoms. The lowest BCUT2D eigenvalue weighted by atomic mass is 9.95. The Morgan fingerprint density at radius 1 is 1.15 bits per heavy atom. The minimum absolute atomic E-state index is 0.0580. The number of hydrogen-bond acceptors (Lipinski definition) is 3. The van der Waals surface area contributed by atoms with Crippen LogP contribution in [0.5, 0.6) is 0 Å². The average Bonchev–Trinajstić information content (AvgIpc) is 2.94. The largest absolute Gasteiger partial charge is 0.369 e. The summed E-state index contributed by atoms with van der Waals surface area (Å²) in [6, 6.07) is 5.91. The van der Waals surface area contributed by atoms with E-state index in [2.05, 4.69) is 5.32 Å². The van der Waals surface area contributed by atoms with E-state index in [1.54, 1.807) is 0 Å². The van der Waals surface area contributed by atoms with Crippen molar-refractivity contribution in [3.63, 3.8) is 0 Å². The molecule has 2 aliphatic rings. The molecule has 3 rings (SSSR count). The van der Waals surface area contributed by atoms with Gasteiger partial charge in [-0.25, -0.2) is 0 Å². The Balaban J connectivity index is 1.69. The van der Waals surface area contributed by atoms with Crippen molar-refractivity contribution in [1.82, 2.24) is 10.2 Å². The first-order valence-corrected chi connectivity index (χ1v) is 7.06. The van der Waals surface area contributed by atoms with E-state index in [1.165, 1.54) is 11.1 Å². The van der Waals surface area contributed by atoms with Gasteiger partial charge < -0.3 is 16.0 Å². The summed E-state index contributed by atoms with van der Waals surface area (Å²) in [6.45, 7) is 2.94. The molecule has 0 aromatic heterocycles. The zero-order valence-electron chi connectivity index (χ0n) is 11.4. The molecule has 106 valence electrons. The van der Waals surface area contributed by atoms with Crippen LogP contribution in [0.4, 0.5) is 0 Å². The summed E-state index contributed by atoms with van der Waals surface area (Å²) in [4.78, 5) is 25.4. The van der Waals surface area contributed by atoms with E-state index in [-0.39, 0.29) is 17.7 Å². The number of rotatable bonds is 2. The molecule has 1 aromatic carbocycles. The van der Waals surface area contributed by atoms with E-state index in [0.29, 0.717) is 25.9 Å². The van der Waals surface area contributed by atoms with Gasteiger partial charge in [0.15, 0.2) is 0 Å². The van der Waals surface area contributed by atoms with E-state index >= 15 is 0 Å². The second-order valence-corrected chi connectivity index (χ2v) is 5.56. The van der Waals surface area contributed by atoms with Gasteiger partial charge in [-0.15, -0.1) is 0 Å². The quantitative estimate of drug-likeness (QED) is 0.829. The fourth-order valence-electron chi connectivity index (χ4n) is 2.98. The van der Waals surface area contributed by atoms with Gasteiger partial charge in [-0.2, -0.15) is 0 Å². The van der Waals surface area contributed by atoms with Gasteiger partial charge in [0.2, 0.25) is 5.91 Å². The average molecular weight is 273 g/mol. The van der Waals surface area contributed by atoms with Crippen LogP contribution in [0.25, 0.3) is 0 Å². The lowest BCUT2D eigenvalue weighted by Gasteiger charge is -2.30. The van der Waals surface area contributed by atoms with Crippen molar-refractivity contribution in [3.8, 4) is 0 Å². The fourth-order valence-corrected chi connectivity index (χ4v) is 2.98. The summed E-state index contributed by atoms with van der Waals surface area (Å²) in [7, 11) is 0. The number of piperidine rings is 1. The van der Waals surface area contributed by atoms with Crippen LogP contribution in [0.3, 0.4) is 0 Å². The molecule has 0 bridgehead atoms. The van der Waals surface area contributed by atoms with Crippen LogP contribution in [0.2, 0.25) is 0 Å². The molecule has 0 aliphatic carbocycles. The molecule has 3 N–H and O–H groups in total. The van der Waals surface area contributed by atoms with Crippen molar-refractivity contribution < 1.29 is 9.59 Å². The molecule has 1 saturated heterocycles. The molecular formula is C15H19N3O2. The topological polar surface area (TPSA) is 75.4 Å². The third-order valence-corrected chi connectivity index (χ3v) is 4.27. The molecule has 1 aromatic rings. The Morgan fingerprint density at radius 3 is 2.55 bits per heavy atom. The van der Waals surface area contributed by atoms with Crippen LogP contribution in [0.1, 0.15) is 34.3 Å². The summed E-state index contributed by atoms with van der Waals surface area (Å²) in [6.07, 6.45) is 1.35. The first-order chi connectivity index (χ1) is 9.65. The van der Waals surface area contributed by atoms with Crippen LogP contribution in [0.15, 0.2) is 18.2 Å². The van der Waals surface area contributed by atoms with Crippen molar-refractivity contribution >= 4 is 11.8 Å². The Labute approximate surface area is 118 Å². The summed E-state index contributed by atoms with van der Waals surface area (Å²) in [5, 5.41) is 3.28. The van der Waals surface area contributed by atoms with Crippen LogP contribution >= 0.6 is 0 Å². The SMILES string of the molecule is NC(=O)C1CCN(C(=O)c2ccc3c(c2)CNC3)CC1. The van der Waals surface area contributed by atoms with Crippen molar-refractivity contribution in [2.24, 2.45) is 11.7 Å². The molecule has 0 atom stereocenters. The maximum atomic E-state index is 12.5. The van der Waals surface area contributed by atoms with E-state index in [4.69, 9.17) is 5.73 Å². The first kappa shape index (κ1) is 13.1. The first-order valence-electron chi connectivity index (χ1n) is 7.06. The summed E-state index contributed by atoms with van der Waals surface area (Å²) in [5.74, 6) is -0.272. The van der Waals surface area contributed by atoms with Crippen LogP contribution in [0, 0.1) is 5.92 Å². The number of benzene rings is 1. The van der Waals surface area contributed by atoms with Crippen molar-refractivity contribution in [2.75, 3.05) is 13.1 Å². The standard InChI is InChI=1S/C15H19N3O2/c16-14(19)10-3-5-18(6-4-10)15(20)11-1-2-12-8-17-9-13(12)7-11/h1-2,7,10,17H,3-6,8-9H2,(H2,16,19). The number of primary amides is 1. The molecule has 5 heteroatoms. The number of nitrogens with zero attached hydrogens (tertiary/aromatic N) is 1. The van der Waals surface area contributed by atoms with Gasteiger partial charge in [0.25, 0.3) is 5.91 Å². The van der Waals surface area contributed by atoms with Crippen molar-refractivity contribution in [3.05, 3.63) is 34.9 Å². The number of amides is 2. The van der Waals surface area contributed by atoms with E-state index in [1.807, 2.05) is 23.1 Å². The van der Waals surface area contributed by atoms with Crippen LogP contribution < -0.4 is 11.1 Å². The number of nitrogens with two attached hydrogens (primary N) is 1. The third-order valence-electron chi connectivity index (χ3n) is 4.27. The van der Waals surface area contributed by atoms with Crippen molar-refractivity contribution in [2.45, 2.75) is 25.9 Å². The number of nitrogens with one attached hydrogen (secondary N) is 1. The zero-order valence-corrected chi connectivity index (χ0v) is 11.4. The van der Waals surface area contributed by atoms with Crippen molar-refractivity contribution in [1.29, 1.82) is 0 Å². The monoisotopic (exact) mass is 273 g/mol. The van der Waals surface area contributed by atoms with Crippen LogP contribution in [-0.4, -0.2) is 29.8 Å². The minimum atomic E-state index is -0.249. The van der Waals surface area contributed by atoms with E-state index in [9.17, 15) is 9.59 Å². The Morgan fingerprint density at radius 2 is 1.85 bits per heavy atom. The molecule has 0 unspecified atom stereocenters. The Hall–Kier alpha value is -1.88. The van der Waals surface area contributed by atoms with Gasteiger partial charge in [-0.3, -0.25) is 9.59 Å². The second kappa shape index (κ2) is 5.25. The smallest absolute Gasteiger partial charge is 0.253 e. The fraction of sp³-hybridized carbons (Fsp3) is 0.467. The van der Waals surface area contributed by atoms with Gasteiger partial charge in [0.05, 0.1) is 0 Å². The highest BCUT2D eigenvalue weighted by Crippen LogP contribution is 2.21. The van der Waals surface area contributed by atoms with Gasteiger partial charge in [0.1, 0.15) is 0 Å². The Kier molecular flexibility index (Phi) is 3.44. The molecule has 20 heavy (non-hydrogen) atoms. The molecule has 0 radical (unpaired) electrons. The number of hydrogen-bond donors (Lipinski definition) is 2. The molecular weight excluding hydrogens is 254 g/mol. The summed E-state index contributed by atoms with van der Waals surface area (Å²) < 4.78 is 0. The normalized spacial score (nSPS) is 18.9. The molecule has 5 nitrogen and oxygen atoms in total. The van der Waals surface area contributed by atoms with Gasteiger partial charge in [0, 0.05) is 37.7 Å². The molecule has 2 aliphatic heterocycles. The second-order valence-electron chi connectivity index (χ2n) is 5.56.